The minimum Gasteiger partial charge on any atom is -0.494 e. The van der Waals surface area contributed by atoms with Gasteiger partial charge in [0.1, 0.15) is 10.7 Å². The predicted molar refractivity (Wildman–Crippen MR) is 84.2 cm³/mol. The van der Waals surface area contributed by atoms with E-state index < -0.39 is 5.97 Å². The summed E-state index contributed by atoms with van der Waals surface area (Å²) in [6.45, 7) is 0.736. The van der Waals surface area contributed by atoms with Gasteiger partial charge in [-0.3, -0.25) is 0 Å². The van der Waals surface area contributed by atoms with Crippen molar-refractivity contribution in [2.24, 2.45) is 0 Å². The first-order valence-electron chi connectivity index (χ1n) is 6.85. The highest BCUT2D eigenvalue weighted by molar-refractivity contribution is 6.32. The Morgan fingerprint density at radius 2 is 2.23 bits per heavy atom. The number of methoxy groups -OCH3 is 2. The Kier molecular flexibility index (Phi) is 3.90. The second-order valence-corrected chi connectivity index (χ2v) is 5.18. The molecule has 0 bridgehead atoms. The van der Waals surface area contributed by atoms with E-state index in [1.54, 1.807) is 12.3 Å². The summed E-state index contributed by atoms with van der Waals surface area (Å²) in [7, 11) is 2.89. The van der Waals surface area contributed by atoms with Crippen LogP contribution in [0.3, 0.4) is 0 Å². The normalized spacial score (nSPS) is 12.9. The minimum absolute atomic E-state index is 0.368. The average molecular weight is 319 g/mol. The highest BCUT2D eigenvalue weighted by atomic mass is 35.5. The fourth-order valence-corrected chi connectivity index (χ4v) is 2.95. The van der Waals surface area contributed by atoms with Crippen molar-refractivity contribution < 1.29 is 14.3 Å². The number of pyridine rings is 1. The minimum atomic E-state index is -0.432. The molecule has 0 saturated carbocycles. The van der Waals surface area contributed by atoms with Crippen molar-refractivity contribution in [3.63, 3.8) is 0 Å². The van der Waals surface area contributed by atoms with Crippen LogP contribution >= 0.6 is 11.6 Å². The van der Waals surface area contributed by atoms with Crippen LogP contribution in [0, 0.1) is 0 Å². The van der Waals surface area contributed by atoms with Gasteiger partial charge in [-0.1, -0.05) is 17.7 Å². The summed E-state index contributed by atoms with van der Waals surface area (Å²) in [5, 5.41) is 0.368. The van der Waals surface area contributed by atoms with Crippen LogP contribution in [-0.4, -0.2) is 29.7 Å². The zero-order chi connectivity index (χ0) is 15.7. The summed E-state index contributed by atoms with van der Waals surface area (Å²) < 4.78 is 12.5. The fraction of sp³-hybridized carbons (Fsp3) is 0.250. The van der Waals surface area contributed by atoms with Crippen LogP contribution in [0.2, 0.25) is 5.15 Å². The highest BCUT2D eigenvalue weighted by Crippen LogP contribution is 2.42. The molecule has 0 amide bonds. The summed E-state index contributed by atoms with van der Waals surface area (Å²) in [4.78, 5) is 16.3. The Labute approximate surface area is 133 Å². The molecule has 0 saturated heterocycles. The summed E-state index contributed by atoms with van der Waals surface area (Å²) >= 11 is 6.24. The second kappa shape index (κ2) is 5.85. The van der Waals surface area contributed by atoms with Crippen LogP contribution in [0.25, 0.3) is 17.3 Å². The summed E-state index contributed by atoms with van der Waals surface area (Å²) in [6, 6.07) is 3.66. The Balaban J connectivity index is 2.35. The number of hydrogen-bond donors (Lipinski definition) is 0. The Hall–Kier alpha value is -2.27. The molecule has 22 heavy (non-hydrogen) atoms. The van der Waals surface area contributed by atoms with Crippen LogP contribution in [0.5, 0.6) is 5.75 Å². The van der Waals surface area contributed by atoms with Gasteiger partial charge in [-0.25, -0.2) is 9.78 Å². The van der Waals surface area contributed by atoms with Gasteiger partial charge in [0.25, 0.3) is 0 Å². The zero-order valence-corrected chi connectivity index (χ0v) is 13.1. The van der Waals surface area contributed by atoms with E-state index >= 15 is 0 Å². The van der Waals surface area contributed by atoms with Crippen molar-refractivity contribution in [1.29, 1.82) is 0 Å². The van der Waals surface area contributed by atoms with Crippen molar-refractivity contribution in [2.75, 3.05) is 14.2 Å². The molecule has 1 aliphatic heterocycles. The first-order valence-corrected chi connectivity index (χ1v) is 7.23. The lowest BCUT2D eigenvalue weighted by Crippen LogP contribution is -2.08. The third kappa shape index (κ3) is 2.18. The number of esters is 1. The molecule has 3 rings (SSSR count). The number of fused-ring (bicyclic) bond motifs is 1. The third-order valence-electron chi connectivity index (χ3n) is 3.66. The molecular formula is C16H15ClN2O3. The number of rotatable bonds is 3. The topological polar surface area (TPSA) is 53.4 Å². The van der Waals surface area contributed by atoms with Gasteiger partial charge in [-0.15, -0.1) is 0 Å². The van der Waals surface area contributed by atoms with Gasteiger partial charge in [-0.05, 0) is 24.6 Å². The van der Waals surface area contributed by atoms with Crippen LogP contribution in [-0.2, 0) is 11.3 Å². The molecule has 0 N–H and O–H groups in total. The SMILES string of the molecule is COC(=O)c1c(OC)c(-c2cccnc2Cl)n2c1C=CCC2. The summed E-state index contributed by atoms with van der Waals surface area (Å²) in [5.74, 6) is 0.0294. The van der Waals surface area contributed by atoms with E-state index in [9.17, 15) is 4.79 Å². The molecule has 0 aromatic carbocycles. The van der Waals surface area contributed by atoms with Crippen molar-refractivity contribution in [1.82, 2.24) is 9.55 Å². The van der Waals surface area contributed by atoms with Gasteiger partial charge in [0.05, 0.1) is 25.6 Å². The lowest BCUT2D eigenvalue weighted by atomic mass is 10.1. The average Bonchev–Trinajstić information content (AvgIpc) is 2.88. The van der Waals surface area contributed by atoms with Crippen molar-refractivity contribution >= 4 is 23.6 Å². The molecule has 3 heterocycles. The van der Waals surface area contributed by atoms with Gasteiger partial charge >= 0.3 is 5.97 Å². The number of carbonyl (C=O) groups excluding carboxylic acids is 1. The Morgan fingerprint density at radius 1 is 1.41 bits per heavy atom. The van der Waals surface area contributed by atoms with Gasteiger partial charge in [0.15, 0.2) is 5.75 Å². The summed E-state index contributed by atoms with van der Waals surface area (Å²) in [6.07, 6.45) is 6.43. The number of ether oxygens (including phenoxy) is 2. The van der Waals surface area contributed by atoms with E-state index in [-0.39, 0.29) is 0 Å². The lowest BCUT2D eigenvalue weighted by Gasteiger charge is -2.15. The van der Waals surface area contributed by atoms with E-state index in [0.29, 0.717) is 16.5 Å². The monoisotopic (exact) mass is 318 g/mol. The van der Waals surface area contributed by atoms with Crippen LogP contribution in [0.4, 0.5) is 0 Å². The molecular weight excluding hydrogens is 304 g/mol. The molecule has 114 valence electrons. The molecule has 0 fully saturated rings. The lowest BCUT2D eigenvalue weighted by molar-refractivity contribution is 0.0597. The van der Waals surface area contributed by atoms with E-state index in [1.807, 2.05) is 22.8 Å². The fourth-order valence-electron chi connectivity index (χ4n) is 2.75. The van der Waals surface area contributed by atoms with Crippen LogP contribution in [0.1, 0.15) is 22.5 Å². The molecule has 0 unspecified atom stereocenters. The molecule has 2 aromatic rings. The maximum absolute atomic E-state index is 12.2. The van der Waals surface area contributed by atoms with Crippen molar-refractivity contribution in [3.05, 3.63) is 40.8 Å². The smallest absolute Gasteiger partial charge is 0.343 e. The number of nitrogens with zero attached hydrogens (tertiary/aromatic N) is 2. The quantitative estimate of drug-likeness (QED) is 0.643. The van der Waals surface area contributed by atoms with Crippen LogP contribution < -0.4 is 4.74 Å². The van der Waals surface area contributed by atoms with Crippen LogP contribution in [0.15, 0.2) is 24.4 Å². The summed E-state index contributed by atoms with van der Waals surface area (Å²) in [5.41, 5.74) is 2.66. The number of aromatic nitrogens is 2. The van der Waals surface area contributed by atoms with Crippen molar-refractivity contribution in [2.45, 2.75) is 13.0 Å². The van der Waals surface area contributed by atoms with Gasteiger partial charge in [0, 0.05) is 18.3 Å². The van der Waals surface area contributed by atoms with Gasteiger partial charge in [-0.2, -0.15) is 0 Å². The van der Waals surface area contributed by atoms with E-state index in [4.69, 9.17) is 21.1 Å². The molecule has 6 heteroatoms. The maximum atomic E-state index is 12.2. The number of hydrogen-bond acceptors (Lipinski definition) is 4. The van der Waals surface area contributed by atoms with E-state index in [1.165, 1.54) is 14.2 Å². The molecule has 5 nitrogen and oxygen atoms in total. The standard InChI is InChI=1S/C16H15ClN2O3/c1-21-14-12(16(20)22-2)11-7-3-4-9-19(11)13(14)10-6-5-8-18-15(10)17/h3,5-8H,4,9H2,1-2H3. The van der Waals surface area contributed by atoms with E-state index in [0.717, 1.165) is 29.9 Å². The molecule has 2 aromatic heterocycles. The molecule has 0 aliphatic carbocycles. The zero-order valence-electron chi connectivity index (χ0n) is 12.3. The highest BCUT2D eigenvalue weighted by Gasteiger charge is 2.30. The molecule has 1 aliphatic rings. The van der Waals surface area contributed by atoms with Crippen molar-refractivity contribution in [3.8, 4) is 17.0 Å². The Morgan fingerprint density at radius 3 is 2.91 bits per heavy atom. The number of carbonyl (C=O) groups is 1. The second-order valence-electron chi connectivity index (χ2n) is 4.82. The number of allylic oxidation sites excluding steroid dienone is 1. The first kappa shape index (κ1) is 14.7. The molecule has 0 atom stereocenters. The van der Waals surface area contributed by atoms with E-state index in [2.05, 4.69) is 4.98 Å². The third-order valence-corrected chi connectivity index (χ3v) is 3.96. The van der Waals surface area contributed by atoms with Gasteiger partial charge in [0.2, 0.25) is 0 Å². The van der Waals surface area contributed by atoms with Gasteiger partial charge < -0.3 is 14.0 Å². The Bertz CT molecular complexity index is 765. The first-order chi connectivity index (χ1) is 10.7. The maximum Gasteiger partial charge on any atom is 0.343 e. The number of halogens is 1. The largest absolute Gasteiger partial charge is 0.494 e. The predicted octanol–water partition coefficient (Wildman–Crippen LogP) is 3.42. The molecule has 0 radical (unpaired) electrons. The molecule has 0 spiro atoms.